The highest BCUT2D eigenvalue weighted by molar-refractivity contribution is 5.35. The second-order valence-corrected chi connectivity index (χ2v) is 4.98. The normalized spacial score (nSPS) is 16.3. The Hall–Kier alpha value is -2.18. The van der Waals surface area contributed by atoms with Gasteiger partial charge in [-0.25, -0.2) is 4.98 Å². The van der Waals surface area contributed by atoms with Gasteiger partial charge >= 0.3 is 0 Å². The van der Waals surface area contributed by atoms with Crippen LogP contribution in [0, 0.1) is 11.8 Å². The van der Waals surface area contributed by atoms with Gasteiger partial charge in [0.1, 0.15) is 6.33 Å². The summed E-state index contributed by atoms with van der Waals surface area (Å²) in [7, 11) is 0. The van der Waals surface area contributed by atoms with E-state index in [1.54, 1.807) is 23.3 Å². The SMILES string of the molecule is CC(CNc1nc(N)nc(-n2ccnc2)n1)C1CC1. The predicted octanol–water partition coefficient (Wildman–Crippen LogP) is 1.10. The molecule has 100 valence electrons. The molecule has 1 aliphatic carbocycles. The third-order valence-corrected chi connectivity index (χ3v) is 3.39. The Balaban J connectivity index is 1.74. The molecule has 7 heteroatoms. The minimum atomic E-state index is 0.209. The molecule has 0 amide bonds. The van der Waals surface area contributed by atoms with Gasteiger partial charge in [-0.2, -0.15) is 15.0 Å². The highest BCUT2D eigenvalue weighted by Gasteiger charge is 2.27. The molecule has 1 fully saturated rings. The van der Waals surface area contributed by atoms with E-state index in [9.17, 15) is 0 Å². The van der Waals surface area contributed by atoms with Crippen molar-refractivity contribution in [3.8, 4) is 5.95 Å². The number of nitrogens with one attached hydrogen (secondary N) is 1. The molecule has 3 N–H and O–H groups in total. The Morgan fingerprint density at radius 3 is 2.95 bits per heavy atom. The first-order valence-electron chi connectivity index (χ1n) is 6.46. The Kier molecular flexibility index (Phi) is 3.02. The highest BCUT2D eigenvalue weighted by atomic mass is 15.3. The minimum absolute atomic E-state index is 0.209. The average Bonchev–Trinajstić information content (AvgIpc) is 3.10. The van der Waals surface area contributed by atoms with Crippen molar-refractivity contribution in [3.63, 3.8) is 0 Å². The van der Waals surface area contributed by atoms with E-state index in [1.165, 1.54) is 12.8 Å². The number of anilines is 2. The standard InChI is InChI=1S/C12H17N7/c1-8(9-2-3-9)6-15-11-16-10(13)17-12(18-11)19-5-4-14-7-19/h4-5,7-9H,2-3,6H2,1H3,(H3,13,15,16,17,18). The number of imidazole rings is 1. The lowest BCUT2D eigenvalue weighted by Gasteiger charge is -2.12. The van der Waals surface area contributed by atoms with E-state index in [-0.39, 0.29) is 5.95 Å². The molecule has 0 aromatic carbocycles. The van der Waals surface area contributed by atoms with Crippen LogP contribution in [-0.4, -0.2) is 31.0 Å². The van der Waals surface area contributed by atoms with Crippen LogP contribution in [0.15, 0.2) is 18.7 Å². The second-order valence-electron chi connectivity index (χ2n) is 4.98. The zero-order chi connectivity index (χ0) is 13.2. The van der Waals surface area contributed by atoms with Gasteiger partial charge in [-0.05, 0) is 24.7 Å². The quantitative estimate of drug-likeness (QED) is 0.835. The smallest absolute Gasteiger partial charge is 0.241 e. The van der Waals surface area contributed by atoms with Crippen LogP contribution in [-0.2, 0) is 0 Å². The number of rotatable bonds is 5. The Morgan fingerprint density at radius 1 is 1.42 bits per heavy atom. The summed E-state index contributed by atoms with van der Waals surface area (Å²) in [6.45, 7) is 3.10. The number of aromatic nitrogens is 5. The van der Waals surface area contributed by atoms with Crippen molar-refractivity contribution in [3.05, 3.63) is 18.7 Å². The van der Waals surface area contributed by atoms with E-state index >= 15 is 0 Å². The topological polar surface area (TPSA) is 94.5 Å². The Bertz CT molecular complexity index is 547. The summed E-state index contributed by atoms with van der Waals surface area (Å²) >= 11 is 0. The molecule has 0 radical (unpaired) electrons. The predicted molar refractivity (Wildman–Crippen MR) is 71.7 cm³/mol. The summed E-state index contributed by atoms with van der Waals surface area (Å²) < 4.78 is 1.70. The van der Waals surface area contributed by atoms with Crippen molar-refractivity contribution in [2.45, 2.75) is 19.8 Å². The maximum absolute atomic E-state index is 5.71. The molecule has 19 heavy (non-hydrogen) atoms. The van der Waals surface area contributed by atoms with E-state index in [2.05, 4.69) is 32.2 Å². The van der Waals surface area contributed by atoms with Gasteiger partial charge < -0.3 is 11.1 Å². The van der Waals surface area contributed by atoms with Crippen LogP contribution in [0.4, 0.5) is 11.9 Å². The zero-order valence-electron chi connectivity index (χ0n) is 10.8. The minimum Gasteiger partial charge on any atom is -0.368 e. The highest BCUT2D eigenvalue weighted by Crippen LogP contribution is 2.36. The summed E-state index contributed by atoms with van der Waals surface area (Å²) in [4.78, 5) is 16.5. The molecule has 1 atom stereocenters. The fraction of sp³-hybridized carbons (Fsp3) is 0.500. The van der Waals surface area contributed by atoms with Crippen LogP contribution >= 0.6 is 0 Å². The molecule has 0 bridgehead atoms. The van der Waals surface area contributed by atoms with Crippen LogP contribution in [0.5, 0.6) is 0 Å². The Labute approximate surface area is 111 Å². The van der Waals surface area contributed by atoms with Gasteiger partial charge in [0.15, 0.2) is 0 Å². The number of nitrogen functional groups attached to an aromatic ring is 1. The molecule has 2 aromatic rings. The van der Waals surface area contributed by atoms with Crippen molar-refractivity contribution in [1.29, 1.82) is 0 Å². The fourth-order valence-corrected chi connectivity index (χ4v) is 2.04. The number of hydrogen-bond donors (Lipinski definition) is 2. The molecule has 1 aliphatic rings. The first-order chi connectivity index (χ1) is 9.22. The third-order valence-electron chi connectivity index (χ3n) is 3.39. The van der Waals surface area contributed by atoms with E-state index in [4.69, 9.17) is 5.73 Å². The average molecular weight is 259 g/mol. The molecule has 0 saturated heterocycles. The molecular formula is C12H17N7. The lowest BCUT2D eigenvalue weighted by Crippen LogP contribution is -2.16. The van der Waals surface area contributed by atoms with Crippen molar-refractivity contribution in [2.24, 2.45) is 11.8 Å². The third kappa shape index (κ3) is 2.81. The van der Waals surface area contributed by atoms with Crippen molar-refractivity contribution in [2.75, 3.05) is 17.6 Å². The van der Waals surface area contributed by atoms with E-state index in [1.807, 2.05) is 0 Å². The molecule has 2 aromatic heterocycles. The maximum Gasteiger partial charge on any atom is 0.241 e. The summed E-state index contributed by atoms with van der Waals surface area (Å²) in [5.74, 6) is 2.69. The van der Waals surface area contributed by atoms with Crippen LogP contribution in [0.2, 0.25) is 0 Å². The lowest BCUT2D eigenvalue weighted by atomic mass is 10.1. The first kappa shape index (κ1) is 11.9. The van der Waals surface area contributed by atoms with Gasteiger partial charge in [-0.1, -0.05) is 6.92 Å². The molecule has 7 nitrogen and oxygen atoms in total. The molecule has 0 spiro atoms. The van der Waals surface area contributed by atoms with E-state index < -0.39 is 0 Å². The van der Waals surface area contributed by atoms with Crippen LogP contribution in [0.25, 0.3) is 5.95 Å². The summed E-state index contributed by atoms with van der Waals surface area (Å²) in [6.07, 6.45) is 7.74. The molecular weight excluding hydrogens is 242 g/mol. The molecule has 0 aliphatic heterocycles. The van der Waals surface area contributed by atoms with Crippen LogP contribution in [0.1, 0.15) is 19.8 Å². The summed E-state index contributed by atoms with van der Waals surface area (Å²) in [5.41, 5.74) is 5.71. The second kappa shape index (κ2) is 4.83. The number of nitrogens with zero attached hydrogens (tertiary/aromatic N) is 5. The monoisotopic (exact) mass is 259 g/mol. The maximum atomic E-state index is 5.71. The van der Waals surface area contributed by atoms with Gasteiger partial charge in [-0.15, -0.1) is 0 Å². The van der Waals surface area contributed by atoms with Crippen LogP contribution in [0.3, 0.4) is 0 Å². The van der Waals surface area contributed by atoms with Gasteiger partial charge in [0.05, 0.1) is 0 Å². The Morgan fingerprint density at radius 2 is 2.26 bits per heavy atom. The van der Waals surface area contributed by atoms with E-state index in [0.29, 0.717) is 17.8 Å². The van der Waals surface area contributed by atoms with Gasteiger partial charge in [0, 0.05) is 18.9 Å². The number of nitrogens with two attached hydrogens (primary N) is 1. The van der Waals surface area contributed by atoms with Gasteiger partial charge in [0.2, 0.25) is 17.8 Å². The largest absolute Gasteiger partial charge is 0.368 e. The van der Waals surface area contributed by atoms with E-state index in [0.717, 1.165) is 12.5 Å². The van der Waals surface area contributed by atoms with Crippen LogP contribution < -0.4 is 11.1 Å². The van der Waals surface area contributed by atoms with Crippen molar-refractivity contribution < 1.29 is 0 Å². The van der Waals surface area contributed by atoms with Crippen molar-refractivity contribution >= 4 is 11.9 Å². The first-order valence-corrected chi connectivity index (χ1v) is 6.46. The lowest BCUT2D eigenvalue weighted by molar-refractivity contribution is 0.535. The van der Waals surface area contributed by atoms with Crippen molar-refractivity contribution in [1.82, 2.24) is 24.5 Å². The fourth-order valence-electron chi connectivity index (χ4n) is 2.04. The molecule has 1 saturated carbocycles. The molecule has 3 rings (SSSR count). The summed E-state index contributed by atoms with van der Waals surface area (Å²) in [5, 5.41) is 3.23. The van der Waals surface area contributed by atoms with Gasteiger partial charge in [-0.3, -0.25) is 4.57 Å². The molecule has 2 heterocycles. The van der Waals surface area contributed by atoms with Gasteiger partial charge in [0.25, 0.3) is 0 Å². The molecule has 1 unspecified atom stereocenters. The summed E-state index contributed by atoms with van der Waals surface area (Å²) in [6, 6.07) is 0. The zero-order valence-corrected chi connectivity index (χ0v) is 10.8. The number of hydrogen-bond acceptors (Lipinski definition) is 6.